The summed E-state index contributed by atoms with van der Waals surface area (Å²) in [7, 11) is 0. The summed E-state index contributed by atoms with van der Waals surface area (Å²) in [5.41, 5.74) is 0.633. The van der Waals surface area contributed by atoms with Crippen LogP contribution in [0.5, 0.6) is 0 Å². The molecular weight excluding hydrogens is 204 g/mol. The third-order valence-corrected chi connectivity index (χ3v) is 2.18. The van der Waals surface area contributed by atoms with E-state index in [1.54, 1.807) is 12.1 Å². The van der Waals surface area contributed by atoms with Gasteiger partial charge in [0.15, 0.2) is 0 Å². The highest BCUT2D eigenvalue weighted by Crippen LogP contribution is 2.32. The summed E-state index contributed by atoms with van der Waals surface area (Å²) in [5, 5.41) is 1.84. The summed E-state index contributed by atoms with van der Waals surface area (Å²) < 4.78 is 0. The van der Waals surface area contributed by atoms with Gasteiger partial charge in [0.05, 0.1) is 0 Å². The molecule has 0 amide bonds. The molecule has 0 aromatic heterocycles. The number of benzene rings is 2. The Morgan fingerprint density at radius 3 is 1.62 bits per heavy atom. The van der Waals surface area contributed by atoms with Gasteiger partial charge in [-0.3, -0.25) is 0 Å². The van der Waals surface area contributed by atoms with Crippen molar-refractivity contribution in [3.05, 3.63) is 36.4 Å². The smallest absolute Gasteiger partial charge is 0.211 e. The Morgan fingerprint density at radius 1 is 0.812 bits per heavy atom. The Labute approximate surface area is 91.0 Å². The van der Waals surface area contributed by atoms with Gasteiger partial charge in [-0.2, -0.15) is 9.98 Å². The van der Waals surface area contributed by atoms with E-state index in [1.165, 1.54) is 12.2 Å². The molecule has 2 rings (SSSR count). The van der Waals surface area contributed by atoms with E-state index in [-0.39, 0.29) is 0 Å². The van der Waals surface area contributed by atoms with Crippen molar-refractivity contribution >= 4 is 34.3 Å². The quantitative estimate of drug-likeness (QED) is 0.565. The Morgan fingerprint density at radius 2 is 1.25 bits per heavy atom. The summed E-state index contributed by atoms with van der Waals surface area (Å²) >= 11 is 0. The Hall–Kier alpha value is -2.54. The lowest BCUT2D eigenvalue weighted by atomic mass is 10.1. The van der Waals surface area contributed by atoms with Crippen LogP contribution in [0.1, 0.15) is 0 Å². The number of carbonyl (C=O) groups excluding carboxylic acids is 2. The first-order valence-corrected chi connectivity index (χ1v) is 4.53. The molecule has 0 atom stereocenters. The number of hydrogen-bond donors (Lipinski definition) is 0. The highest BCUT2D eigenvalue weighted by Gasteiger charge is 2.03. The summed E-state index contributed by atoms with van der Waals surface area (Å²) in [6.07, 6.45) is 2.87. The molecule has 2 aromatic rings. The molecular formula is C12H6N2O2. The van der Waals surface area contributed by atoms with E-state index < -0.39 is 0 Å². The van der Waals surface area contributed by atoms with Crippen molar-refractivity contribution in [2.75, 3.05) is 0 Å². The maximum atomic E-state index is 10.2. The molecule has 0 spiro atoms. The minimum Gasteiger partial charge on any atom is -0.211 e. The van der Waals surface area contributed by atoms with E-state index in [1.807, 2.05) is 24.3 Å². The van der Waals surface area contributed by atoms with Crippen molar-refractivity contribution in [1.82, 2.24) is 0 Å². The molecule has 0 N–H and O–H groups in total. The average molecular weight is 210 g/mol. The Balaban J connectivity index is 2.80. The number of nitrogens with zero attached hydrogens (tertiary/aromatic N) is 2. The Bertz CT molecular complexity index is 580. The SMILES string of the molecule is O=C=Nc1cc2ccccc2cc1N=C=O. The van der Waals surface area contributed by atoms with E-state index >= 15 is 0 Å². The average Bonchev–Trinajstić information content (AvgIpc) is 2.30. The molecule has 4 heteroatoms. The molecule has 0 unspecified atom stereocenters. The highest BCUT2D eigenvalue weighted by atomic mass is 16.1. The molecule has 0 aliphatic carbocycles. The molecule has 0 heterocycles. The molecule has 0 saturated heterocycles. The third kappa shape index (κ3) is 1.79. The lowest BCUT2D eigenvalue weighted by molar-refractivity contribution is 0.564. The van der Waals surface area contributed by atoms with Gasteiger partial charge in [-0.1, -0.05) is 24.3 Å². The van der Waals surface area contributed by atoms with Gasteiger partial charge in [0.25, 0.3) is 0 Å². The third-order valence-electron chi connectivity index (χ3n) is 2.18. The van der Waals surface area contributed by atoms with Gasteiger partial charge < -0.3 is 0 Å². The van der Waals surface area contributed by atoms with Crippen LogP contribution in [0.15, 0.2) is 46.4 Å². The highest BCUT2D eigenvalue weighted by molar-refractivity contribution is 5.91. The van der Waals surface area contributed by atoms with E-state index in [2.05, 4.69) is 9.98 Å². The largest absolute Gasteiger partial charge is 0.240 e. The van der Waals surface area contributed by atoms with Crippen LogP contribution in [0.2, 0.25) is 0 Å². The minimum absolute atomic E-state index is 0.317. The van der Waals surface area contributed by atoms with Gasteiger partial charge in [-0.05, 0) is 22.9 Å². The van der Waals surface area contributed by atoms with Gasteiger partial charge in [0.2, 0.25) is 12.2 Å². The zero-order valence-corrected chi connectivity index (χ0v) is 8.18. The molecule has 0 bridgehead atoms. The lowest BCUT2D eigenvalue weighted by Crippen LogP contribution is -1.74. The fraction of sp³-hybridized carbons (Fsp3) is 0. The summed E-state index contributed by atoms with van der Waals surface area (Å²) in [5.74, 6) is 0. The topological polar surface area (TPSA) is 58.9 Å². The van der Waals surface area contributed by atoms with Gasteiger partial charge in [-0.15, -0.1) is 0 Å². The molecule has 0 aliphatic heterocycles. The van der Waals surface area contributed by atoms with Crippen LogP contribution in [0.3, 0.4) is 0 Å². The summed E-state index contributed by atoms with van der Waals surface area (Å²) in [4.78, 5) is 27.5. The number of aliphatic imine (C=N–C) groups is 2. The zero-order valence-electron chi connectivity index (χ0n) is 8.18. The van der Waals surface area contributed by atoms with Crippen LogP contribution in [0.4, 0.5) is 11.4 Å². The van der Waals surface area contributed by atoms with Crippen LogP contribution in [-0.2, 0) is 9.59 Å². The lowest BCUT2D eigenvalue weighted by Gasteiger charge is -2.00. The fourth-order valence-corrected chi connectivity index (χ4v) is 1.49. The molecule has 4 nitrogen and oxygen atoms in total. The molecule has 0 fully saturated rings. The first-order chi connectivity index (χ1) is 7.85. The van der Waals surface area contributed by atoms with E-state index in [4.69, 9.17) is 0 Å². The van der Waals surface area contributed by atoms with Crippen molar-refractivity contribution in [3.8, 4) is 0 Å². The minimum atomic E-state index is 0.317. The van der Waals surface area contributed by atoms with Gasteiger partial charge in [-0.25, -0.2) is 9.59 Å². The maximum Gasteiger partial charge on any atom is 0.240 e. The second-order valence-electron chi connectivity index (χ2n) is 3.09. The fourth-order valence-electron chi connectivity index (χ4n) is 1.49. The van der Waals surface area contributed by atoms with Crippen LogP contribution in [0, 0.1) is 0 Å². The van der Waals surface area contributed by atoms with Gasteiger partial charge >= 0.3 is 0 Å². The van der Waals surface area contributed by atoms with Gasteiger partial charge in [0, 0.05) is 0 Å². The predicted octanol–water partition coefficient (Wildman–Crippen LogP) is 2.77. The van der Waals surface area contributed by atoms with Crippen molar-refractivity contribution in [2.24, 2.45) is 9.98 Å². The summed E-state index contributed by atoms with van der Waals surface area (Å²) in [6, 6.07) is 10.9. The molecule has 76 valence electrons. The van der Waals surface area contributed by atoms with Crippen molar-refractivity contribution in [3.63, 3.8) is 0 Å². The first kappa shape index (κ1) is 9.99. The normalized spacial score (nSPS) is 9.25. The first-order valence-electron chi connectivity index (χ1n) is 4.53. The van der Waals surface area contributed by atoms with E-state index in [0.29, 0.717) is 11.4 Å². The van der Waals surface area contributed by atoms with Crippen molar-refractivity contribution in [1.29, 1.82) is 0 Å². The zero-order chi connectivity index (χ0) is 11.4. The van der Waals surface area contributed by atoms with Crippen molar-refractivity contribution in [2.45, 2.75) is 0 Å². The molecule has 2 aromatic carbocycles. The number of rotatable bonds is 2. The van der Waals surface area contributed by atoms with E-state index in [9.17, 15) is 9.59 Å². The molecule has 16 heavy (non-hydrogen) atoms. The molecule has 0 saturated carbocycles. The Kier molecular flexibility index (Phi) is 2.70. The second-order valence-corrected chi connectivity index (χ2v) is 3.09. The van der Waals surface area contributed by atoms with Crippen LogP contribution < -0.4 is 0 Å². The number of hydrogen-bond acceptors (Lipinski definition) is 4. The van der Waals surface area contributed by atoms with Crippen LogP contribution >= 0.6 is 0 Å². The summed E-state index contributed by atoms with van der Waals surface area (Å²) in [6.45, 7) is 0. The second kappa shape index (κ2) is 4.32. The predicted molar refractivity (Wildman–Crippen MR) is 59.5 cm³/mol. The van der Waals surface area contributed by atoms with Crippen molar-refractivity contribution < 1.29 is 9.59 Å². The molecule has 0 radical (unpaired) electrons. The number of fused-ring (bicyclic) bond motifs is 1. The monoisotopic (exact) mass is 210 g/mol. The van der Waals surface area contributed by atoms with E-state index in [0.717, 1.165) is 10.8 Å². The maximum absolute atomic E-state index is 10.2. The number of isocyanates is 2. The van der Waals surface area contributed by atoms with Gasteiger partial charge in [0.1, 0.15) is 11.4 Å². The van der Waals surface area contributed by atoms with Crippen LogP contribution in [-0.4, -0.2) is 12.2 Å². The molecule has 0 aliphatic rings. The standard InChI is InChI=1S/C12H6N2O2/c15-7-13-11-5-9-3-1-2-4-10(9)6-12(11)14-8-16/h1-6H. The van der Waals surface area contributed by atoms with Crippen LogP contribution in [0.25, 0.3) is 10.8 Å².